The quantitative estimate of drug-likeness (QED) is 0.767. The van der Waals surface area contributed by atoms with Gasteiger partial charge in [-0.05, 0) is 49.2 Å². The Kier molecular flexibility index (Phi) is 5.77. The Balaban J connectivity index is 1.59. The number of halogens is 1. The molecule has 3 rings (SSSR count). The predicted molar refractivity (Wildman–Crippen MR) is 90.0 cm³/mol. The van der Waals surface area contributed by atoms with Gasteiger partial charge in [0.25, 0.3) is 5.91 Å². The Morgan fingerprint density at radius 3 is 2.79 bits per heavy atom. The van der Waals surface area contributed by atoms with E-state index in [1.165, 1.54) is 0 Å². The molecule has 1 fully saturated rings. The summed E-state index contributed by atoms with van der Waals surface area (Å²) in [6.07, 6.45) is 3.70. The molecule has 1 aromatic carbocycles. The number of carbonyl (C=O) groups is 1. The number of ether oxygens (including phenoxy) is 2. The fourth-order valence-electron chi connectivity index (χ4n) is 2.65. The molecule has 2 aromatic rings. The van der Waals surface area contributed by atoms with Crippen LogP contribution in [-0.4, -0.2) is 36.7 Å². The van der Waals surface area contributed by atoms with Crippen molar-refractivity contribution >= 4 is 17.5 Å². The monoisotopic (exact) mass is 349 g/mol. The van der Waals surface area contributed by atoms with Crippen LogP contribution in [0.1, 0.15) is 18.6 Å². The second-order valence-corrected chi connectivity index (χ2v) is 6.17. The van der Waals surface area contributed by atoms with Crippen LogP contribution in [0.25, 0.3) is 0 Å². The topological polar surface area (TPSA) is 51.9 Å². The lowest BCUT2D eigenvalue weighted by Gasteiger charge is -2.24. The van der Waals surface area contributed by atoms with Crippen LogP contribution in [0, 0.1) is 0 Å². The van der Waals surface area contributed by atoms with Gasteiger partial charge in [0, 0.05) is 18.2 Å². The number of rotatable bonds is 7. The average molecular weight is 350 g/mol. The number of furan rings is 1. The largest absolute Gasteiger partial charge is 0.484 e. The summed E-state index contributed by atoms with van der Waals surface area (Å²) in [5.74, 6) is 1.26. The summed E-state index contributed by atoms with van der Waals surface area (Å²) in [4.78, 5) is 14.3. The van der Waals surface area contributed by atoms with Crippen LogP contribution >= 0.6 is 11.6 Å². The van der Waals surface area contributed by atoms with E-state index in [2.05, 4.69) is 0 Å². The average Bonchev–Trinajstić information content (AvgIpc) is 3.27. The minimum Gasteiger partial charge on any atom is -0.484 e. The molecule has 1 atom stereocenters. The van der Waals surface area contributed by atoms with E-state index in [0.717, 1.165) is 25.2 Å². The van der Waals surface area contributed by atoms with E-state index in [1.807, 2.05) is 12.1 Å². The fraction of sp³-hybridized carbons (Fsp3) is 0.389. The predicted octanol–water partition coefficient (Wildman–Crippen LogP) is 3.52. The number of carbonyl (C=O) groups excluding carboxylic acids is 1. The number of amides is 1. The Morgan fingerprint density at radius 2 is 2.12 bits per heavy atom. The lowest BCUT2D eigenvalue weighted by atomic mass is 10.2. The maximum absolute atomic E-state index is 12.6. The van der Waals surface area contributed by atoms with Crippen LogP contribution in [0.3, 0.4) is 0 Å². The van der Waals surface area contributed by atoms with Crippen LogP contribution in [0.2, 0.25) is 5.02 Å². The van der Waals surface area contributed by atoms with Crippen LogP contribution in [0.15, 0.2) is 47.1 Å². The van der Waals surface area contributed by atoms with E-state index in [1.54, 1.807) is 35.4 Å². The van der Waals surface area contributed by atoms with Gasteiger partial charge in [-0.1, -0.05) is 11.6 Å². The second-order valence-electron chi connectivity index (χ2n) is 5.73. The highest BCUT2D eigenvalue weighted by Crippen LogP contribution is 2.17. The molecule has 6 heteroatoms. The van der Waals surface area contributed by atoms with Crippen molar-refractivity contribution in [1.82, 2.24) is 4.90 Å². The number of benzene rings is 1. The van der Waals surface area contributed by atoms with Crippen molar-refractivity contribution in [1.29, 1.82) is 0 Å². The third-order valence-electron chi connectivity index (χ3n) is 3.90. The first-order valence-corrected chi connectivity index (χ1v) is 8.38. The van der Waals surface area contributed by atoms with E-state index in [4.69, 9.17) is 25.5 Å². The molecule has 0 spiro atoms. The third kappa shape index (κ3) is 4.76. The van der Waals surface area contributed by atoms with Gasteiger partial charge in [-0.2, -0.15) is 0 Å². The van der Waals surface area contributed by atoms with Crippen molar-refractivity contribution in [2.45, 2.75) is 25.5 Å². The lowest BCUT2D eigenvalue weighted by Crippen LogP contribution is -2.39. The molecule has 1 aromatic heterocycles. The van der Waals surface area contributed by atoms with Gasteiger partial charge < -0.3 is 18.8 Å². The van der Waals surface area contributed by atoms with Crippen LogP contribution in [0.5, 0.6) is 5.75 Å². The lowest BCUT2D eigenvalue weighted by molar-refractivity contribution is -0.135. The third-order valence-corrected chi connectivity index (χ3v) is 4.16. The number of hydrogen-bond donors (Lipinski definition) is 0. The van der Waals surface area contributed by atoms with Gasteiger partial charge in [0.05, 0.1) is 18.9 Å². The van der Waals surface area contributed by atoms with Gasteiger partial charge in [0.1, 0.15) is 11.5 Å². The van der Waals surface area contributed by atoms with Gasteiger partial charge in [-0.15, -0.1) is 0 Å². The van der Waals surface area contributed by atoms with Crippen LogP contribution < -0.4 is 4.74 Å². The first-order chi connectivity index (χ1) is 11.7. The summed E-state index contributed by atoms with van der Waals surface area (Å²) in [6.45, 7) is 1.68. The molecule has 0 aliphatic carbocycles. The molecule has 128 valence electrons. The van der Waals surface area contributed by atoms with Crippen molar-refractivity contribution < 1.29 is 18.7 Å². The number of hydrogen-bond acceptors (Lipinski definition) is 4. The summed E-state index contributed by atoms with van der Waals surface area (Å²) >= 11 is 5.84. The molecule has 2 heterocycles. The summed E-state index contributed by atoms with van der Waals surface area (Å²) in [6, 6.07) is 10.6. The molecule has 0 N–H and O–H groups in total. The molecule has 1 aliphatic heterocycles. The molecule has 1 amide bonds. The zero-order valence-corrected chi connectivity index (χ0v) is 14.1. The van der Waals surface area contributed by atoms with Crippen molar-refractivity contribution in [3.05, 3.63) is 53.4 Å². The molecule has 0 radical (unpaired) electrons. The minimum atomic E-state index is -0.100. The van der Waals surface area contributed by atoms with Crippen molar-refractivity contribution in [3.8, 4) is 5.75 Å². The Morgan fingerprint density at radius 1 is 1.29 bits per heavy atom. The van der Waals surface area contributed by atoms with Crippen molar-refractivity contribution in [2.75, 3.05) is 19.8 Å². The molecule has 1 saturated heterocycles. The molecule has 1 aliphatic rings. The van der Waals surface area contributed by atoms with Crippen LogP contribution in [-0.2, 0) is 16.1 Å². The molecule has 0 bridgehead atoms. The van der Waals surface area contributed by atoms with Crippen LogP contribution in [0.4, 0.5) is 0 Å². The Hall–Kier alpha value is -1.98. The highest BCUT2D eigenvalue weighted by molar-refractivity contribution is 6.30. The molecule has 1 unspecified atom stereocenters. The Labute approximate surface area is 146 Å². The highest BCUT2D eigenvalue weighted by atomic mass is 35.5. The van der Waals surface area contributed by atoms with Crippen molar-refractivity contribution in [3.63, 3.8) is 0 Å². The standard InChI is InChI=1S/C18H20ClNO4/c19-14-5-7-15(8-6-14)24-13-18(21)20(11-16-3-1-9-22-16)12-17-4-2-10-23-17/h1,3,5-9,17H,2,4,10-13H2. The molecule has 5 nitrogen and oxygen atoms in total. The van der Waals surface area contributed by atoms with Crippen molar-refractivity contribution in [2.24, 2.45) is 0 Å². The first kappa shape index (κ1) is 16.9. The zero-order chi connectivity index (χ0) is 16.8. The highest BCUT2D eigenvalue weighted by Gasteiger charge is 2.23. The molecule has 0 saturated carbocycles. The number of nitrogens with zero attached hydrogens (tertiary/aromatic N) is 1. The molecule has 24 heavy (non-hydrogen) atoms. The summed E-state index contributed by atoms with van der Waals surface area (Å²) in [5, 5.41) is 0.631. The first-order valence-electron chi connectivity index (χ1n) is 8.01. The summed E-state index contributed by atoms with van der Waals surface area (Å²) in [5.41, 5.74) is 0. The maximum Gasteiger partial charge on any atom is 0.261 e. The Bertz CT molecular complexity index is 636. The van der Waals surface area contributed by atoms with Gasteiger partial charge >= 0.3 is 0 Å². The second kappa shape index (κ2) is 8.22. The normalized spacial score (nSPS) is 17.0. The van der Waals surface area contributed by atoms with Gasteiger partial charge in [0.15, 0.2) is 6.61 Å². The summed E-state index contributed by atoms with van der Waals surface area (Å²) < 4.78 is 16.6. The smallest absolute Gasteiger partial charge is 0.261 e. The van der Waals surface area contributed by atoms with E-state index < -0.39 is 0 Å². The summed E-state index contributed by atoms with van der Waals surface area (Å²) in [7, 11) is 0. The van der Waals surface area contributed by atoms with E-state index in [9.17, 15) is 4.79 Å². The van der Waals surface area contributed by atoms with E-state index >= 15 is 0 Å². The zero-order valence-electron chi connectivity index (χ0n) is 13.3. The minimum absolute atomic E-state index is 0.0327. The van der Waals surface area contributed by atoms with E-state index in [-0.39, 0.29) is 18.6 Å². The van der Waals surface area contributed by atoms with Gasteiger partial charge in [0.2, 0.25) is 0 Å². The fourth-order valence-corrected chi connectivity index (χ4v) is 2.77. The maximum atomic E-state index is 12.6. The van der Waals surface area contributed by atoms with Gasteiger partial charge in [-0.25, -0.2) is 0 Å². The molecular weight excluding hydrogens is 330 g/mol. The van der Waals surface area contributed by atoms with Gasteiger partial charge in [-0.3, -0.25) is 4.79 Å². The van der Waals surface area contributed by atoms with E-state index in [0.29, 0.717) is 23.9 Å². The molecular formula is C18H20ClNO4. The SMILES string of the molecule is O=C(COc1ccc(Cl)cc1)N(Cc1ccco1)CC1CCCO1.